The number of nitrogens with two attached hydrogens (primary N) is 1. The first-order valence-corrected chi connectivity index (χ1v) is 8.11. The van der Waals surface area contributed by atoms with Gasteiger partial charge in [0.1, 0.15) is 5.75 Å². The molecule has 0 spiro atoms. The molecule has 6 heteroatoms. The molecule has 2 N–H and O–H groups in total. The zero-order valence-corrected chi connectivity index (χ0v) is 14.5. The number of hydrogen-bond donors (Lipinski definition) is 1. The van der Waals surface area contributed by atoms with Crippen molar-refractivity contribution in [3.05, 3.63) is 29.8 Å². The molecular formula is C15H25ClN2O2S. The Balaban J connectivity index is 0.00000400. The van der Waals surface area contributed by atoms with Crippen LogP contribution < -0.4 is 10.5 Å². The summed E-state index contributed by atoms with van der Waals surface area (Å²) >= 11 is 1.71. The summed E-state index contributed by atoms with van der Waals surface area (Å²) in [6, 6.07) is 7.47. The standard InChI is InChI=1S/C15H24N2O2S.ClH/c1-17(15(18)13(16)9-11-20-3)10-8-12-6-4-5-7-14(12)19-2;/h4-7,13H,8-11,16H2,1-3H3;1H/t13-;/m0./s1. The maximum absolute atomic E-state index is 12.1. The van der Waals surface area contributed by atoms with Crippen LogP contribution in [0.1, 0.15) is 12.0 Å². The van der Waals surface area contributed by atoms with E-state index in [-0.39, 0.29) is 18.3 Å². The molecule has 120 valence electrons. The second kappa shape index (κ2) is 10.8. The first-order chi connectivity index (χ1) is 9.60. The van der Waals surface area contributed by atoms with Gasteiger partial charge in [-0.15, -0.1) is 12.4 Å². The molecule has 1 rings (SSSR count). The molecule has 0 aliphatic heterocycles. The third-order valence-electron chi connectivity index (χ3n) is 3.24. The predicted octanol–water partition coefficient (Wildman–Crippen LogP) is 2.20. The Labute approximate surface area is 137 Å². The van der Waals surface area contributed by atoms with E-state index in [1.54, 1.807) is 30.8 Å². The van der Waals surface area contributed by atoms with E-state index in [4.69, 9.17) is 10.5 Å². The van der Waals surface area contributed by atoms with Crippen molar-refractivity contribution in [2.24, 2.45) is 5.73 Å². The molecule has 1 aromatic carbocycles. The minimum Gasteiger partial charge on any atom is -0.496 e. The van der Waals surface area contributed by atoms with Crippen molar-refractivity contribution in [3.63, 3.8) is 0 Å². The van der Waals surface area contributed by atoms with Gasteiger partial charge in [-0.25, -0.2) is 0 Å². The van der Waals surface area contributed by atoms with E-state index in [1.165, 1.54) is 0 Å². The fourth-order valence-electron chi connectivity index (χ4n) is 1.96. The Morgan fingerprint density at radius 1 is 1.43 bits per heavy atom. The topological polar surface area (TPSA) is 55.6 Å². The predicted molar refractivity (Wildman–Crippen MR) is 92.6 cm³/mol. The molecule has 0 unspecified atom stereocenters. The quantitative estimate of drug-likeness (QED) is 0.793. The zero-order valence-electron chi connectivity index (χ0n) is 12.9. The van der Waals surface area contributed by atoms with Crippen molar-refractivity contribution in [1.29, 1.82) is 0 Å². The molecule has 0 radical (unpaired) electrons. The first-order valence-electron chi connectivity index (χ1n) is 6.71. The summed E-state index contributed by atoms with van der Waals surface area (Å²) in [5, 5.41) is 0. The van der Waals surface area contributed by atoms with Crippen LogP contribution in [0.2, 0.25) is 0 Å². The van der Waals surface area contributed by atoms with Crippen LogP contribution in [0.25, 0.3) is 0 Å². The Bertz CT molecular complexity index is 432. The minimum atomic E-state index is -0.398. The SMILES string of the molecule is COc1ccccc1CCN(C)C(=O)[C@@H](N)CCSC.Cl. The number of carbonyl (C=O) groups excluding carboxylic acids is 1. The molecule has 21 heavy (non-hydrogen) atoms. The molecule has 0 heterocycles. The molecule has 1 atom stereocenters. The van der Waals surface area contributed by atoms with Gasteiger partial charge >= 0.3 is 0 Å². The number of methoxy groups -OCH3 is 1. The number of thioether (sulfide) groups is 1. The van der Waals surface area contributed by atoms with E-state index in [2.05, 4.69) is 0 Å². The van der Waals surface area contributed by atoms with Crippen LogP contribution in [-0.4, -0.2) is 49.6 Å². The van der Waals surface area contributed by atoms with Crippen LogP contribution in [0.15, 0.2) is 24.3 Å². The second-order valence-corrected chi connectivity index (χ2v) is 5.70. The molecule has 0 aliphatic rings. The monoisotopic (exact) mass is 332 g/mol. The van der Waals surface area contributed by atoms with Gasteiger partial charge in [-0.3, -0.25) is 4.79 Å². The molecule has 0 aromatic heterocycles. The number of para-hydroxylation sites is 1. The molecule has 0 aliphatic carbocycles. The number of benzene rings is 1. The summed E-state index contributed by atoms with van der Waals surface area (Å²) < 4.78 is 5.31. The molecule has 0 saturated carbocycles. The van der Waals surface area contributed by atoms with E-state index in [0.717, 1.165) is 29.9 Å². The Morgan fingerprint density at radius 2 is 2.10 bits per heavy atom. The van der Waals surface area contributed by atoms with Crippen LogP contribution in [0.4, 0.5) is 0 Å². The molecule has 4 nitrogen and oxygen atoms in total. The highest BCUT2D eigenvalue weighted by molar-refractivity contribution is 7.98. The molecule has 0 bridgehead atoms. The number of amides is 1. The third kappa shape index (κ3) is 6.59. The summed E-state index contributed by atoms with van der Waals surface area (Å²) in [5.41, 5.74) is 7.00. The lowest BCUT2D eigenvalue weighted by molar-refractivity contribution is -0.131. The van der Waals surface area contributed by atoms with Crippen LogP contribution in [0.5, 0.6) is 5.75 Å². The summed E-state index contributed by atoms with van der Waals surface area (Å²) in [7, 11) is 3.46. The van der Waals surface area contributed by atoms with Crippen molar-refractivity contribution in [2.75, 3.05) is 32.7 Å². The number of carbonyl (C=O) groups is 1. The average molecular weight is 333 g/mol. The summed E-state index contributed by atoms with van der Waals surface area (Å²) in [5.74, 6) is 1.78. The number of nitrogens with zero attached hydrogens (tertiary/aromatic N) is 1. The van der Waals surface area contributed by atoms with Crippen molar-refractivity contribution < 1.29 is 9.53 Å². The Morgan fingerprint density at radius 3 is 2.71 bits per heavy atom. The van der Waals surface area contributed by atoms with Gasteiger partial charge in [0.15, 0.2) is 0 Å². The second-order valence-electron chi connectivity index (χ2n) is 4.71. The fraction of sp³-hybridized carbons (Fsp3) is 0.533. The van der Waals surface area contributed by atoms with Gasteiger partial charge in [-0.05, 0) is 36.5 Å². The third-order valence-corrected chi connectivity index (χ3v) is 3.88. The van der Waals surface area contributed by atoms with E-state index in [0.29, 0.717) is 6.54 Å². The lowest BCUT2D eigenvalue weighted by Gasteiger charge is -2.21. The highest BCUT2D eigenvalue weighted by Gasteiger charge is 2.17. The van der Waals surface area contributed by atoms with Gasteiger partial charge in [-0.1, -0.05) is 18.2 Å². The molecule has 0 saturated heterocycles. The summed E-state index contributed by atoms with van der Waals surface area (Å²) in [4.78, 5) is 13.8. The van der Waals surface area contributed by atoms with Gasteiger partial charge < -0.3 is 15.4 Å². The fourth-order valence-corrected chi connectivity index (χ4v) is 2.45. The number of halogens is 1. The van der Waals surface area contributed by atoms with E-state index < -0.39 is 6.04 Å². The van der Waals surface area contributed by atoms with E-state index >= 15 is 0 Å². The van der Waals surface area contributed by atoms with Crippen LogP contribution >= 0.6 is 24.2 Å². The van der Waals surface area contributed by atoms with Crippen molar-refractivity contribution in [3.8, 4) is 5.75 Å². The number of likely N-dealkylation sites (N-methyl/N-ethyl adjacent to an activating group) is 1. The smallest absolute Gasteiger partial charge is 0.239 e. The number of rotatable bonds is 8. The number of hydrogen-bond acceptors (Lipinski definition) is 4. The van der Waals surface area contributed by atoms with Crippen LogP contribution in [0.3, 0.4) is 0 Å². The van der Waals surface area contributed by atoms with Crippen LogP contribution in [0, 0.1) is 0 Å². The summed E-state index contributed by atoms with van der Waals surface area (Å²) in [6.07, 6.45) is 3.50. The molecule has 0 fully saturated rings. The van der Waals surface area contributed by atoms with Crippen molar-refractivity contribution >= 4 is 30.1 Å². The number of ether oxygens (including phenoxy) is 1. The first kappa shape index (κ1) is 20.1. The Kier molecular flexibility index (Phi) is 10.3. The molecule has 1 aromatic rings. The van der Waals surface area contributed by atoms with Gasteiger partial charge in [0.05, 0.1) is 13.2 Å². The summed E-state index contributed by atoms with van der Waals surface area (Å²) in [6.45, 7) is 0.645. The van der Waals surface area contributed by atoms with Crippen LogP contribution in [-0.2, 0) is 11.2 Å². The molecule has 1 amide bonds. The average Bonchev–Trinajstić information content (AvgIpc) is 2.49. The van der Waals surface area contributed by atoms with Gasteiger partial charge in [0, 0.05) is 13.6 Å². The van der Waals surface area contributed by atoms with E-state index in [9.17, 15) is 4.79 Å². The van der Waals surface area contributed by atoms with Gasteiger partial charge in [-0.2, -0.15) is 11.8 Å². The van der Waals surface area contributed by atoms with Gasteiger partial charge in [0.2, 0.25) is 5.91 Å². The maximum atomic E-state index is 12.1. The highest BCUT2D eigenvalue weighted by atomic mass is 35.5. The normalized spacial score (nSPS) is 11.4. The van der Waals surface area contributed by atoms with Crippen molar-refractivity contribution in [1.82, 2.24) is 4.90 Å². The largest absolute Gasteiger partial charge is 0.496 e. The lowest BCUT2D eigenvalue weighted by Crippen LogP contribution is -2.42. The lowest BCUT2D eigenvalue weighted by atomic mass is 10.1. The maximum Gasteiger partial charge on any atom is 0.239 e. The molecular weight excluding hydrogens is 308 g/mol. The van der Waals surface area contributed by atoms with E-state index in [1.807, 2.05) is 30.5 Å². The van der Waals surface area contributed by atoms with Gasteiger partial charge in [0.25, 0.3) is 0 Å². The van der Waals surface area contributed by atoms with Crippen molar-refractivity contribution in [2.45, 2.75) is 18.9 Å². The zero-order chi connectivity index (χ0) is 15.0. The Hall–Kier alpha value is -0.910. The minimum absolute atomic E-state index is 0. The highest BCUT2D eigenvalue weighted by Crippen LogP contribution is 2.18.